The summed E-state index contributed by atoms with van der Waals surface area (Å²) in [6.07, 6.45) is 11.8. The Morgan fingerprint density at radius 2 is 2.00 bits per heavy atom. The van der Waals surface area contributed by atoms with Crippen LogP contribution < -0.4 is 5.32 Å². The third-order valence-corrected chi connectivity index (χ3v) is 7.14. The number of fused-ring (bicyclic) bond motifs is 1. The number of nitrogens with zero attached hydrogens (tertiary/aromatic N) is 3. The average molecular weight is 415 g/mol. The molecule has 3 heterocycles. The standard InChI is InChI=1S/C24H38N4O2/c1-8-12-17(9-2)20-14-23(5,6)28-21(26-20)19(15-25-28)22(29)27-16-18(30-7)13-24(27,10-3)11-4/h8-9,12,15,18,20,26H,10-11,13-14,16H2,1-7H3/b12-8-,17-9+/t18-,20-/m1/s1. The van der Waals surface area contributed by atoms with Gasteiger partial charge in [-0.25, -0.2) is 4.68 Å². The van der Waals surface area contributed by atoms with E-state index in [2.05, 4.69) is 63.3 Å². The number of methoxy groups -OCH3 is 1. The molecule has 30 heavy (non-hydrogen) atoms. The summed E-state index contributed by atoms with van der Waals surface area (Å²) in [7, 11) is 1.74. The number of anilines is 1. The Morgan fingerprint density at radius 3 is 2.57 bits per heavy atom. The maximum atomic E-state index is 13.8. The summed E-state index contributed by atoms with van der Waals surface area (Å²) in [6.45, 7) is 13.4. The molecule has 0 aromatic carbocycles. The molecule has 6 heteroatoms. The second-order valence-corrected chi connectivity index (χ2v) is 9.23. The van der Waals surface area contributed by atoms with Crippen LogP contribution in [0.15, 0.2) is 30.0 Å². The van der Waals surface area contributed by atoms with Crippen molar-refractivity contribution in [1.29, 1.82) is 0 Å². The first-order valence-corrected chi connectivity index (χ1v) is 11.3. The molecular formula is C24H38N4O2. The molecule has 1 amide bonds. The Kier molecular flexibility index (Phi) is 6.46. The molecule has 0 unspecified atom stereocenters. The van der Waals surface area contributed by atoms with E-state index in [1.807, 2.05) is 16.5 Å². The van der Waals surface area contributed by atoms with Gasteiger partial charge in [0.25, 0.3) is 5.91 Å². The molecule has 2 aliphatic heterocycles. The van der Waals surface area contributed by atoms with Crippen molar-refractivity contribution in [3.05, 3.63) is 35.6 Å². The van der Waals surface area contributed by atoms with Gasteiger partial charge in [0.05, 0.1) is 23.9 Å². The van der Waals surface area contributed by atoms with Gasteiger partial charge < -0.3 is 15.0 Å². The Balaban J connectivity index is 2.00. The van der Waals surface area contributed by atoms with Crippen LogP contribution in [0.3, 0.4) is 0 Å². The van der Waals surface area contributed by atoms with E-state index < -0.39 is 0 Å². The zero-order valence-electron chi connectivity index (χ0n) is 19.7. The summed E-state index contributed by atoms with van der Waals surface area (Å²) in [6, 6.07) is 0.143. The van der Waals surface area contributed by atoms with Crippen LogP contribution in [0, 0.1) is 0 Å². The summed E-state index contributed by atoms with van der Waals surface area (Å²) in [5.74, 6) is 0.878. The molecule has 0 aliphatic carbocycles. The van der Waals surface area contributed by atoms with Crippen LogP contribution in [0.1, 0.15) is 77.6 Å². The van der Waals surface area contributed by atoms with Crippen molar-refractivity contribution in [2.45, 2.75) is 90.4 Å². The number of ether oxygens (including phenoxy) is 1. The minimum absolute atomic E-state index is 0.0523. The number of aromatic nitrogens is 2. The van der Waals surface area contributed by atoms with Gasteiger partial charge in [0.15, 0.2) is 0 Å². The largest absolute Gasteiger partial charge is 0.380 e. The van der Waals surface area contributed by atoms with Gasteiger partial charge in [-0.2, -0.15) is 5.10 Å². The van der Waals surface area contributed by atoms with Gasteiger partial charge in [-0.05, 0) is 59.0 Å². The van der Waals surface area contributed by atoms with Crippen molar-refractivity contribution in [2.75, 3.05) is 19.0 Å². The van der Waals surface area contributed by atoms with E-state index in [1.54, 1.807) is 13.3 Å². The minimum Gasteiger partial charge on any atom is -0.380 e. The van der Waals surface area contributed by atoms with E-state index in [4.69, 9.17) is 4.74 Å². The van der Waals surface area contributed by atoms with Crippen LogP contribution in [-0.4, -0.2) is 51.9 Å². The van der Waals surface area contributed by atoms with Gasteiger partial charge in [-0.3, -0.25) is 4.79 Å². The molecule has 2 atom stereocenters. The topological polar surface area (TPSA) is 59.4 Å². The van der Waals surface area contributed by atoms with Gasteiger partial charge >= 0.3 is 0 Å². The van der Waals surface area contributed by atoms with E-state index in [0.717, 1.165) is 31.5 Å². The lowest BCUT2D eigenvalue weighted by Crippen LogP contribution is -2.47. The number of hydrogen-bond acceptors (Lipinski definition) is 4. The fourth-order valence-electron chi connectivity index (χ4n) is 5.23. The minimum atomic E-state index is -0.188. The number of rotatable bonds is 6. The monoisotopic (exact) mass is 414 g/mol. The van der Waals surface area contributed by atoms with Crippen LogP contribution in [-0.2, 0) is 10.3 Å². The molecule has 1 fully saturated rings. The summed E-state index contributed by atoms with van der Waals surface area (Å²) >= 11 is 0. The van der Waals surface area contributed by atoms with Gasteiger partial charge in [0, 0.05) is 19.2 Å². The molecule has 166 valence electrons. The van der Waals surface area contributed by atoms with Crippen LogP contribution in [0.25, 0.3) is 0 Å². The number of carbonyl (C=O) groups is 1. The Labute approximate surface area is 181 Å². The summed E-state index contributed by atoms with van der Waals surface area (Å²) < 4.78 is 7.65. The first-order valence-electron chi connectivity index (χ1n) is 11.3. The van der Waals surface area contributed by atoms with Crippen molar-refractivity contribution in [1.82, 2.24) is 14.7 Å². The highest BCUT2D eigenvalue weighted by atomic mass is 16.5. The highest BCUT2D eigenvalue weighted by molar-refractivity contribution is 5.99. The maximum Gasteiger partial charge on any atom is 0.259 e. The average Bonchev–Trinajstić information content (AvgIpc) is 3.33. The number of allylic oxidation sites excluding steroid dienone is 2. The van der Waals surface area contributed by atoms with Gasteiger partial charge in [0.2, 0.25) is 0 Å². The molecule has 2 aliphatic rings. The van der Waals surface area contributed by atoms with Crippen LogP contribution >= 0.6 is 0 Å². The van der Waals surface area contributed by atoms with E-state index in [1.165, 1.54) is 5.57 Å². The number of nitrogens with one attached hydrogen (secondary N) is 1. The predicted octanol–water partition coefficient (Wildman–Crippen LogP) is 4.74. The second-order valence-electron chi connectivity index (χ2n) is 9.23. The lowest BCUT2D eigenvalue weighted by Gasteiger charge is -2.40. The smallest absolute Gasteiger partial charge is 0.259 e. The van der Waals surface area contributed by atoms with Gasteiger partial charge in [0.1, 0.15) is 11.4 Å². The van der Waals surface area contributed by atoms with Crippen molar-refractivity contribution in [3.8, 4) is 0 Å². The van der Waals surface area contributed by atoms with Crippen LogP contribution in [0.4, 0.5) is 5.82 Å². The molecule has 6 nitrogen and oxygen atoms in total. The molecule has 1 aromatic rings. The van der Waals surface area contributed by atoms with Crippen LogP contribution in [0.2, 0.25) is 0 Å². The molecular weight excluding hydrogens is 376 g/mol. The number of carbonyl (C=O) groups excluding carboxylic acids is 1. The highest BCUT2D eigenvalue weighted by Gasteiger charge is 2.47. The molecule has 1 N–H and O–H groups in total. The van der Waals surface area contributed by atoms with E-state index in [9.17, 15) is 4.79 Å². The van der Waals surface area contributed by atoms with Gasteiger partial charge in [-0.15, -0.1) is 0 Å². The molecule has 3 rings (SSSR count). The van der Waals surface area contributed by atoms with Crippen LogP contribution in [0.5, 0.6) is 0 Å². The molecule has 1 aromatic heterocycles. The van der Waals surface area contributed by atoms with E-state index in [0.29, 0.717) is 12.1 Å². The lowest BCUT2D eigenvalue weighted by molar-refractivity contribution is 0.0564. The number of hydrogen-bond donors (Lipinski definition) is 1. The van der Waals surface area contributed by atoms with Crippen molar-refractivity contribution < 1.29 is 9.53 Å². The fraction of sp³-hybridized carbons (Fsp3) is 0.667. The van der Waals surface area contributed by atoms with Crippen molar-refractivity contribution in [3.63, 3.8) is 0 Å². The summed E-state index contributed by atoms with van der Waals surface area (Å²) in [5.41, 5.74) is 1.54. The first kappa shape index (κ1) is 22.6. The predicted molar refractivity (Wildman–Crippen MR) is 122 cm³/mol. The van der Waals surface area contributed by atoms with E-state index >= 15 is 0 Å². The molecule has 0 saturated carbocycles. The second kappa shape index (κ2) is 8.58. The first-order chi connectivity index (χ1) is 14.3. The molecule has 0 spiro atoms. The SMILES string of the molecule is C/C=C\C(=C/C)[C@H]1CC(C)(C)n2ncc(C(=O)N3C[C@H](OC)CC3(CC)CC)c2N1. The highest BCUT2D eigenvalue weighted by Crippen LogP contribution is 2.41. The Bertz CT molecular complexity index is 832. The lowest BCUT2D eigenvalue weighted by atomic mass is 9.88. The van der Waals surface area contributed by atoms with Crippen molar-refractivity contribution in [2.24, 2.45) is 0 Å². The summed E-state index contributed by atoms with van der Waals surface area (Å²) in [4.78, 5) is 15.8. The fourth-order valence-corrected chi connectivity index (χ4v) is 5.23. The number of likely N-dealkylation sites (tertiary alicyclic amines) is 1. The van der Waals surface area contributed by atoms with Gasteiger partial charge in [-0.1, -0.05) is 32.1 Å². The molecule has 0 bridgehead atoms. The van der Waals surface area contributed by atoms with Crippen molar-refractivity contribution >= 4 is 11.7 Å². The Hall–Kier alpha value is -2.08. The zero-order chi connectivity index (χ0) is 22.1. The third-order valence-electron chi connectivity index (χ3n) is 7.14. The third kappa shape index (κ3) is 3.70. The quantitative estimate of drug-likeness (QED) is 0.683. The zero-order valence-corrected chi connectivity index (χ0v) is 19.7. The normalized spacial score (nSPS) is 25.4. The Morgan fingerprint density at radius 1 is 1.30 bits per heavy atom. The van der Waals surface area contributed by atoms with E-state index in [-0.39, 0.29) is 29.1 Å². The number of amides is 1. The maximum absolute atomic E-state index is 13.8. The summed E-state index contributed by atoms with van der Waals surface area (Å²) in [5, 5.41) is 8.28. The molecule has 1 saturated heterocycles. The molecule has 0 radical (unpaired) electrons.